The molecule has 1 saturated heterocycles. The number of sulfonamides is 1. The Morgan fingerprint density at radius 3 is 2.71 bits per heavy atom. The molecule has 0 saturated carbocycles. The predicted octanol–water partition coefficient (Wildman–Crippen LogP) is 2.53. The Kier molecular flexibility index (Phi) is 5.81. The van der Waals surface area contributed by atoms with E-state index in [0.29, 0.717) is 22.6 Å². The molecule has 0 spiro atoms. The first-order valence-corrected chi connectivity index (χ1v) is 12.0. The summed E-state index contributed by atoms with van der Waals surface area (Å²) in [6.45, 7) is 4.81. The van der Waals surface area contributed by atoms with Crippen molar-refractivity contribution in [3.8, 4) is 6.07 Å². The largest absolute Gasteiger partial charge is 0.338 e. The van der Waals surface area contributed by atoms with Crippen LogP contribution < -0.4 is 16.4 Å². The number of anilines is 2. The fourth-order valence-electron chi connectivity index (χ4n) is 4.19. The molecule has 1 aliphatic heterocycles. The Morgan fingerprint density at radius 1 is 1.26 bits per heavy atom. The summed E-state index contributed by atoms with van der Waals surface area (Å²) in [6.07, 6.45) is 2.11. The van der Waals surface area contributed by atoms with Crippen molar-refractivity contribution in [2.24, 2.45) is 5.73 Å². The molecule has 34 heavy (non-hydrogen) atoms. The van der Waals surface area contributed by atoms with Gasteiger partial charge in [0.05, 0.1) is 17.3 Å². The Hall–Kier alpha value is -3.17. The standard InChI is InChI=1S/C23H26FN7O2S/c1-22(2)21(26)30-23(3,13-31(4)34(22,32)33)17-10-16(5-6-18(17)24)29-20-19-15(7-8-27-20)9-14(11-25)12-28-19/h5-10,12,21,30H,13,26H2,1-4H3,(H,27,29)/t21?,23-/m0/s1. The highest BCUT2D eigenvalue weighted by atomic mass is 32.2. The van der Waals surface area contributed by atoms with E-state index in [1.807, 2.05) is 0 Å². The van der Waals surface area contributed by atoms with Gasteiger partial charge in [-0.15, -0.1) is 0 Å². The smallest absolute Gasteiger partial charge is 0.221 e. The number of nitriles is 1. The minimum absolute atomic E-state index is 0.0160. The summed E-state index contributed by atoms with van der Waals surface area (Å²) in [5.41, 5.74) is 6.94. The first-order valence-electron chi connectivity index (χ1n) is 10.6. The third-order valence-corrected chi connectivity index (χ3v) is 8.92. The molecule has 9 nitrogen and oxygen atoms in total. The zero-order valence-corrected chi connectivity index (χ0v) is 20.1. The van der Waals surface area contributed by atoms with Crippen molar-refractivity contribution in [2.45, 2.75) is 37.2 Å². The third kappa shape index (κ3) is 3.88. The number of fused-ring (bicyclic) bond motifs is 1. The summed E-state index contributed by atoms with van der Waals surface area (Å²) in [6, 6.07) is 10.0. The monoisotopic (exact) mass is 483 g/mol. The van der Waals surface area contributed by atoms with Crippen LogP contribution in [0.1, 0.15) is 31.9 Å². The number of benzene rings is 1. The number of rotatable bonds is 3. The van der Waals surface area contributed by atoms with Gasteiger partial charge < -0.3 is 11.1 Å². The highest BCUT2D eigenvalue weighted by Gasteiger charge is 2.50. The Bertz CT molecular complexity index is 1420. The van der Waals surface area contributed by atoms with E-state index < -0.39 is 32.3 Å². The van der Waals surface area contributed by atoms with Gasteiger partial charge in [0.2, 0.25) is 10.0 Å². The van der Waals surface area contributed by atoms with Crippen LogP contribution in [0.4, 0.5) is 15.9 Å². The van der Waals surface area contributed by atoms with Crippen molar-refractivity contribution in [3.05, 3.63) is 59.7 Å². The SMILES string of the molecule is CN1C[C@@](C)(c2cc(Nc3nccc4cc(C#N)cnc34)ccc2F)NC(N)C(C)(C)S1(=O)=O. The number of hydrogen-bond donors (Lipinski definition) is 3. The van der Waals surface area contributed by atoms with E-state index in [4.69, 9.17) is 11.0 Å². The van der Waals surface area contributed by atoms with E-state index in [2.05, 4.69) is 26.7 Å². The highest BCUT2D eigenvalue weighted by Crippen LogP contribution is 2.35. The second-order valence-electron chi connectivity index (χ2n) is 9.21. The Labute approximate surface area is 197 Å². The number of aromatic nitrogens is 2. The van der Waals surface area contributed by atoms with Crippen LogP contribution in [0.3, 0.4) is 0 Å². The summed E-state index contributed by atoms with van der Waals surface area (Å²) in [4.78, 5) is 8.68. The van der Waals surface area contributed by atoms with Crippen LogP contribution in [0.15, 0.2) is 42.7 Å². The van der Waals surface area contributed by atoms with Gasteiger partial charge >= 0.3 is 0 Å². The van der Waals surface area contributed by atoms with E-state index in [-0.39, 0.29) is 12.1 Å². The summed E-state index contributed by atoms with van der Waals surface area (Å²) in [7, 11) is -2.27. The summed E-state index contributed by atoms with van der Waals surface area (Å²) >= 11 is 0. The van der Waals surface area contributed by atoms with Gasteiger partial charge in [0, 0.05) is 42.6 Å². The average molecular weight is 484 g/mol. The lowest BCUT2D eigenvalue weighted by Gasteiger charge is -2.35. The lowest BCUT2D eigenvalue weighted by atomic mass is 9.89. The van der Waals surface area contributed by atoms with Crippen molar-refractivity contribution >= 4 is 32.4 Å². The lowest BCUT2D eigenvalue weighted by Crippen LogP contribution is -2.60. The summed E-state index contributed by atoms with van der Waals surface area (Å²) < 4.78 is 41.1. The maximum Gasteiger partial charge on any atom is 0.221 e. The van der Waals surface area contributed by atoms with E-state index in [1.54, 1.807) is 51.2 Å². The zero-order chi connectivity index (χ0) is 24.9. The molecule has 1 unspecified atom stereocenters. The molecule has 3 aromatic rings. The molecule has 0 amide bonds. The van der Waals surface area contributed by atoms with Crippen molar-refractivity contribution < 1.29 is 12.8 Å². The second-order valence-corrected chi connectivity index (χ2v) is 11.8. The number of hydrogen-bond acceptors (Lipinski definition) is 8. The molecule has 0 bridgehead atoms. The van der Waals surface area contributed by atoms with Gasteiger partial charge in [-0.2, -0.15) is 5.26 Å². The highest BCUT2D eigenvalue weighted by molar-refractivity contribution is 7.90. The van der Waals surface area contributed by atoms with Gasteiger partial charge in [-0.1, -0.05) is 0 Å². The molecule has 178 valence electrons. The molecule has 1 fully saturated rings. The van der Waals surface area contributed by atoms with Crippen molar-refractivity contribution in [3.63, 3.8) is 0 Å². The maximum atomic E-state index is 15.1. The minimum atomic E-state index is -3.74. The van der Waals surface area contributed by atoms with E-state index in [1.165, 1.54) is 23.6 Å². The van der Waals surface area contributed by atoms with E-state index in [9.17, 15) is 8.42 Å². The average Bonchev–Trinajstić information content (AvgIpc) is 2.83. The first kappa shape index (κ1) is 24.0. The molecular weight excluding hydrogens is 457 g/mol. The van der Waals surface area contributed by atoms with Gasteiger partial charge in [0.15, 0.2) is 5.82 Å². The van der Waals surface area contributed by atoms with Gasteiger partial charge in [-0.05, 0) is 51.1 Å². The van der Waals surface area contributed by atoms with Gasteiger partial charge in [0.25, 0.3) is 0 Å². The number of nitrogens with zero attached hydrogens (tertiary/aromatic N) is 4. The lowest BCUT2D eigenvalue weighted by molar-refractivity contribution is 0.265. The van der Waals surface area contributed by atoms with Crippen LogP contribution in [0, 0.1) is 17.1 Å². The summed E-state index contributed by atoms with van der Waals surface area (Å²) in [5.74, 6) is -0.0584. The fraction of sp³-hybridized carbons (Fsp3) is 0.348. The van der Waals surface area contributed by atoms with E-state index >= 15 is 4.39 Å². The summed E-state index contributed by atoms with van der Waals surface area (Å²) in [5, 5.41) is 16.2. The second kappa shape index (κ2) is 8.25. The fourth-order valence-corrected chi connectivity index (χ4v) is 5.80. The Morgan fingerprint density at radius 2 is 2.00 bits per heavy atom. The molecule has 1 aromatic carbocycles. The number of pyridine rings is 2. The number of nitrogens with one attached hydrogen (secondary N) is 2. The van der Waals surface area contributed by atoms with Crippen molar-refractivity contribution in [1.82, 2.24) is 19.6 Å². The zero-order valence-electron chi connectivity index (χ0n) is 19.3. The van der Waals surface area contributed by atoms with Crippen LogP contribution in [-0.4, -0.2) is 47.2 Å². The number of likely N-dealkylation sites (N-methyl/N-ethyl adjacent to an activating group) is 1. The minimum Gasteiger partial charge on any atom is -0.338 e. The maximum absolute atomic E-state index is 15.1. The van der Waals surface area contributed by atoms with Crippen LogP contribution in [0.25, 0.3) is 10.9 Å². The van der Waals surface area contributed by atoms with Crippen LogP contribution >= 0.6 is 0 Å². The van der Waals surface area contributed by atoms with Crippen molar-refractivity contribution in [1.29, 1.82) is 5.26 Å². The molecule has 4 N–H and O–H groups in total. The molecule has 4 rings (SSSR count). The quantitative estimate of drug-likeness (QED) is 0.517. The molecule has 0 aliphatic carbocycles. The normalized spacial score (nSPS) is 24.3. The number of halogens is 1. The third-order valence-electron chi connectivity index (χ3n) is 6.39. The van der Waals surface area contributed by atoms with Gasteiger partial charge in [-0.25, -0.2) is 22.1 Å². The van der Waals surface area contributed by atoms with Gasteiger partial charge in [-0.3, -0.25) is 10.3 Å². The van der Waals surface area contributed by atoms with E-state index in [0.717, 1.165) is 5.39 Å². The first-order chi connectivity index (χ1) is 15.9. The van der Waals surface area contributed by atoms with Crippen LogP contribution in [0.5, 0.6) is 0 Å². The van der Waals surface area contributed by atoms with Crippen LogP contribution in [-0.2, 0) is 15.6 Å². The van der Waals surface area contributed by atoms with Gasteiger partial charge in [0.1, 0.15) is 22.2 Å². The topological polar surface area (TPSA) is 137 Å². The molecule has 11 heteroatoms. The molecular formula is C23H26FN7O2S. The predicted molar refractivity (Wildman–Crippen MR) is 128 cm³/mol. The Balaban J connectivity index is 1.75. The van der Waals surface area contributed by atoms with Crippen molar-refractivity contribution in [2.75, 3.05) is 18.9 Å². The molecule has 2 aromatic heterocycles. The molecule has 0 radical (unpaired) electrons. The molecule has 3 heterocycles. The van der Waals surface area contributed by atoms with Crippen LogP contribution in [0.2, 0.25) is 0 Å². The molecule has 1 aliphatic rings. The molecule has 2 atom stereocenters. The number of nitrogens with two attached hydrogens (primary N) is 1.